The summed E-state index contributed by atoms with van der Waals surface area (Å²) in [7, 11) is 0. The molecule has 1 N–H and O–H groups in total. The first-order valence-electron chi connectivity index (χ1n) is 8.98. The van der Waals surface area contributed by atoms with Crippen LogP contribution in [0, 0.1) is 17.8 Å². The number of hydrazine groups is 1. The van der Waals surface area contributed by atoms with E-state index in [1.54, 1.807) is 6.92 Å². The summed E-state index contributed by atoms with van der Waals surface area (Å²) in [6, 6.07) is 1.76. The Morgan fingerprint density at radius 3 is 2.50 bits per heavy atom. The van der Waals surface area contributed by atoms with Crippen molar-refractivity contribution in [2.45, 2.75) is 39.8 Å². The molecule has 2 amide bonds. The molecule has 1 aromatic rings. The Hall–Kier alpha value is -1.87. The predicted octanol–water partition coefficient (Wildman–Crippen LogP) is 4.15. The standard InChI is InChI=1S/C18H23ClF3N3O3/c1-10(2)6-8-28-9-7-12-11(3)16(26)25(17(12)27)24-14-5-4-13(15(19)23-14)18(20,21)22/h4-5,10-12H,6-9H2,1-3H3,(H,23,24). The number of rotatable bonds is 8. The fourth-order valence-corrected chi connectivity index (χ4v) is 3.06. The van der Waals surface area contributed by atoms with Crippen LogP contribution in [0.15, 0.2) is 12.1 Å². The van der Waals surface area contributed by atoms with Gasteiger partial charge in [-0.3, -0.25) is 15.0 Å². The number of hydrogen-bond acceptors (Lipinski definition) is 5. The summed E-state index contributed by atoms with van der Waals surface area (Å²) < 4.78 is 43.8. The zero-order valence-corrected chi connectivity index (χ0v) is 16.6. The van der Waals surface area contributed by atoms with Gasteiger partial charge in [-0.05, 0) is 30.9 Å². The third-order valence-corrected chi connectivity index (χ3v) is 4.83. The van der Waals surface area contributed by atoms with Gasteiger partial charge in [0.2, 0.25) is 0 Å². The maximum Gasteiger partial charge on any atom is 0.419 e. The lowest BCUT2D eigenvalue weighted by Crippen LogP contribution is -2.37. The SMILES string of the molecule is CC(C)CCOCCC1C(=O)N(Nc2ccc(C(F)(F)F)c(Cl)n2)C(=O)C1C. The summed E-state index contributed by atoms with van der Waals surface area (Å²) in [5, 5.41) is 0.0230. The Kier molecular flexibility index (Phi) is 7.28. The topological polar surface area (TPSA) is 71.5 Å². The second-order valence-corrected chi connectivity index (χ2v) is 7.49. The van der Waals surface area contributed by atoms with E-state index in [0.717, 1.165) is 23.6 Å². The van der Waals surface area contributed by atoms with Gasteiger partial charge in [-0.1, -0.05) is 32.4 Å². The van der Waals surface area contributed by atoms with Crippen molar-refractivity contribution in [1.29, 1.82) is 0 Å². The normalized spacial score (nSPS) is 20.4. The smallest absolute Gasteiger partial charge is 0.381 e. The molecule has 0 saturated carbocycles. The molecule has 2 rings (SSSR count). The maximum atomic E-state index is 12.8. The maximum absolute atomic E-state index is 12.8. The van der Waals surface area contributed by atoms with Gasteiger partial charge < -0.3 is 4.74 Å². The molecule has 0 bridgehead atoms. The number of aromatic nitrogens is 1. The average Bonchev–Trinajstić information content (AvgIpc) is 2.77. The van der Waals surface area contributed by atoms with E-state index in [4.69, 9.17) is 16.3 Å². The molecule has 0 radical (unpaired) electrons. The van der Waals surface area contributed by atoms with Crippen LogP contribution in [0.5, 0.6) is 0 Å². The number of anilines is 1. The number of carbonyl (C=O) groups is 2. The van der Waals surface area contributed by atoms with Crippen molar-refractivity contribution in [3.63, 3.8) is 0 Å². The van der Waals surface area contributed by atoms with Crippen molar-refractivity contribution in [3.8, 4) is 0 Å². The molecular formula is C18H23ClF3N3O3. The molecule has 6 nitrogen and oxygen atoms in total. The summed E-state index contributed by atoms with van der Waals surface area (Å²) in [4.78, 5) is 28.5. The lowest BCUT2D eigenvalue weighted by Gasteiger charge is -2.17. The number of ether oxygens (including phenoxy) is 1. The Morgan fingerprint density at radius 2 is 1.93 bits per heavy atom. The van der Waals surface area contributed by atoms with E-state index < -0.39 is 40.5 Å². The number of amides is 2. The summed E-state index contributed by atoms with van der Waals surface area (Å²) in [5.41, 5.74) is 1.37. The Labute approximate surface area is 166 Å². The minimum Gasteiger partial charge on any atom is -0.381 e. The van der Waals surface area contributed by atoms with Crippen molar-refractivity contribution in [3.05, 3.63) is 22.8 Å². The fraction of sp³-hybridized carbons (Fsp3) is 0.611. The first-order chi connectivity index (χ1) is 13.0. The van der Waals surface area contributed by atoms with Crippen molar-refractivity contribution in [2.24, 2.45) is 17.8 Å². The Bertz CT molecular complexity index is 728. The monoisotopic (exact) mass is 421 g/mol. The highest BCUT2D eigenvalue weighted by Gasteiger charge is 2.45. The number of carbonyl (C=O) groups excluding carboxylic acids is 2. The quantitative estimate of drug-likeness (QED) is 0.388. The second kappa shape index (κ2) is 9.09. The Morgan fingerprint density at radius 1 is 1.25 bits per heavy atom. The van der Waals surface area contributed by atoms with Crippen LogP contribution in [0.25, 0.3) is 0 Å². The molecule has 10 heteroatoms. The van der Waals surface area contributed by atoms with Gasteiger partial charge in [0.1, 0.15) is 11.0 Å². The second-order valence-electron chi connectivity index (χ2n) is 7.14. The molecule has 2 atom stereocenters. The highest BCUT2D eigenvalue weighted by molar-refractivity contribution is 6.30. The zero-order valence-electron chi connectivity index (χ0n) is 15.8. The van der Waals surface area contributed by atoms with E-state index in [1.165, 1.54) is 0 Å². The molecule has 1 aliphatic heterocycles. The van der Waals surface area contributed by atoms with Gasteiger partial charge in [-0.2, -0.15) is 18.2 Å². The van der Waals surface area contributed by atoms with Crippen LogP contribution in [0.4, 0.5) is 19.0 Å². The van der Waals surface area contributed by atoms with Crippen molar-refractivity contribution in [2.75, 3.05) is 18.6 Å². The molecule has 0 aliphatic carbocycles. The van der Waals surface area contributed by atoms with E-state index in [9.17, 15) is 22.8 Å². The molecule has 2 heterocycles. The van der Waals surface area contributed by atoms with Gasteiger partial charge in [-0.15, -0.1) is 0 Å². The van der Waals surface area contributed by atoms with Crippen molar-refractivity contribution >= 4 is 29.2 Å². The first kappa shape index (κ1) is 22.4. The highest BCUT2D eigenvalue weighted by Crippen LogP contribution is 2.35. The number of nitrogens with one attached hydrogen (secondary N) is 1. The third kappa shape index (κ3) is 5.35. The van der Waals surface area contributed by atoms with Gasteiger partial charge in [0, 0.05) is 19.1 Å². The molecule has 1 aliphatic rings. The van der Waals surface area contributed by atoms with Gasteiger partial charge in [0.25, 0.3) is 11.8 Å². The molecule has 28 heavy (non-hydrogen) atoms. The van der Waals surface area contributed by atoms with Gasteiger partial charge >= 0.3 is 6.18 Å². The predicted molar refractivity (Wildman–Crippen MR) is 97.3 cm³/mol. The highest BCUT2D eigenvalue weighted by atomic mass is 35.5. The third-order valence-electron chi connectivity index (χ3n) is 4.54. The molecule has 1 fully saturated rings. The van der Waals surface area contributed by atoms with E-state index in [2.05, 4.69) is 24.3 Å². The van der Waals surface area contributed by atoms with E-state index in [1.807, 2.05) is 0 Å². The fourth-order valence-electron chi connectivity index (χ4n) is 2.80. The van der Waals surface area contributed by atoms with E-state index in [0.29, 0.717) is 25.6 Å². The van der Waals surface area contributed by atoms with Gasteiger partial charge in [0.05, 0.1) is 11.5 Å². The average molecular weight is 422 g/mol. The summed E-state index contributed by atoms with van der Waals surface area (Å²) in [6.07, 6.45) is -3.36. The molecule has 0 aromatic carbocycles. The number of hydrogen-bond donors (Lipinski definition) is 1. The molecular weight excluding hydrogens is 399 g/mol. The minimum atomic E-state index is -4.64. The largest absolute Gasteiger partial charge is 0.419 e. The van der Waals surface area contributed by atoms with E-state index in [-0.39, 0.29) is 5.82 Å². The number of nitrogens with zero attached hydrogens (tertiary/aromatic N) is 2. The van der Waals surface area contributed by atoms with Crippen LogP contribution >= 0.6 is 11.6 Å². The van der Waals surface area contributed by atoms with Crippen LogP contribution < -0.4 is 5.43 Å². The summed E-state index contributed by atoms with van der Waals surface area (Å²) in [5.74, 6) is -1.70. The van der Waals surface area contributed by atoms with Crippen LogP contribution in [0.1, 0.15) is 39.2 Å². The summed E-state index contributed by atoms with van der Waals surface area (Å²) in [6.45, 7) is 6.72. The van der Waals surface area contributed by atoms with Crippen LogP contribution in [-0.4, -0.2) is 35.0 Å². The molecule has 1 saturated heterocycles. The lowest BCUT2D eigenvalue weighted by atomic mass is 9.94. The number of halogens is 4. The van der Waals surface area contributed by atoms with Gasteiger partial charge in [0.15, 0.2) is 0 Å². The van der Waals surface area contributed by atoms with Crippen LogP contribution in [0.2, 0.25) is 5.15 Å². The number of pyridine rings is 1. The van der Waals surface area contributed by atoms with E-state index >= 15 is 0 Å². The molecule has 156 valence electrons. The number of alkyl halides is 3. The Balaban J connectivity index is 2.00. The molecule has 2 unspecified atom stereocenters. The van der Waals surface area contributed by atoms with Crippen molar-refractivity contribution in [1.82, 2.24) is 9.99 Å². The lowest BCUT2D eigenvalue weighted by molar-refractivity contribution is -0.139. The number of imide groups is 1. The summed E-state index contributed by atoms with van der Waals surface area (Å²) >= 11 is 5.57. The van der Waals surface area contributed by atoms with Gasteiger partial charge in [-0.25, -0.2) is 4.98 Å². The van der Waals surface area contributed by atoms with Crippen molar-refractivity contribution < 1.29 is 27.5 Å². The zero-order chi connectivity index (χ0) is 21.1. The van der Waals surface area contributed by atoms with Crippen LogP contribution in [-0.2, 0) is 20.5 Å². The molecule has 0 spiro atoms. The van der Waals surface area contributed by atoms with Crippen LogP contribution in [0.3, 0.4) is 0 Å². The first-order valence-corrected chi connectivity index (χ1v) is 9.36. The molecule has 1 aromatic heterocycles. The minimum absolute atomic E-state index is 0.124.